The lowest BCUT2D eigenvalue weighted by atomic mass is 10.1. The number of rotatable bonds is 4. The zero-order valence-corrected chi connectivity index (χ0v) is 17.6. The molecule has 2 heterocycles. The van der Waals surface area contributed by atoms with E-state index in [9.17, 15) is 4.79 Å². The summed E-state index contributed by atoms with van der Waals surface area (Å²) in [4.78, 5) is 24.1. The second-order valence-corrected chi connectivity index (χ2v) is 9.14. The fourth-order valence-electron chi connectivity index (χ4n) is 2.81. The third-order valence-corrected chi connectivity index (χ3v) is 6.59. The first-order chi connectivity index (χ1) is 12.3. The normalized spacial score (nSPS) is 12.4. The van der Waals surface area contributed by atoms with Crippen LogP contribution >= 0.6 is 23.1 Å². The van der Waals surface area contributed by atoms with Crippen LogP contribution in [0.4, 0.5) is 5.69 Å². The molecule has 0 fully saturated rings. The molecule has 1 aromatic carbocycles. The quantitative estimate of drug-likeness (QED) is 0.486. The van der Waals surface area contributed by atoms with Crippen molar-refractivity contribution in [1.29, 1.82) is 0 Å². The third kappa shape index (κ3) is 3.76. The zero-order valence-electron chi connectivity index (χ0n) is 15.9. The van der Waals surface area contributed by atoms with E-state index in [4.69, 9.17) is 0 Å². The van der Waals surface area contributed by atoms with E-state index in [1.54, 1.807) is 11.3 Å². The number of fused-ring (bicyclic) bond motifs is 1. The lowest BCUT2D eigenvalue weighted by molar-refractivity contribution is -0.115. The molecule has 0 radical (unpaired) electrons. The number of thioether (sulfide) groups is 1. The number of carbonyl (C=O) groups is 1. The Hall–Kier alpha value is -1.92. The van der Waals surface area contributed by atoms with Gasteiger partial charge in [0.25, 0.3) is 0 Å². The number of carbonyl (C=O) groups excluding carboxylic acids is 1. The molecule has 6 heteroatoms. The van der Waals surface area contributed by atoms with Gasteiger partial charge in [-0.2, -0.15) is 0 Å². The Morgan fingerprint density at radius 2 is 1.88 bits per heavy atom. The summed E-state index contributed by atoms with van der Waals surface area (Å²) in [5, 5.41) is 4.75. The number of hydrogen-bond donors (Lipinski definition) is 1. The highest BCUT2D eigenvalue weighted by atomic mass is 32.2. The summed E-state index contributed by atoms with van der Waals surface area (Å²) >= 11 is 3.18. The Bertz CT molecular complexity index is 994. The highest BCUT2D eigenvalue weighted by Crippen LogP contribution is 2.36. The van der Waals surface area contributed by atoms with E-state index in [0.29, 0.717) is 0 Å². The van der Waals surface area contributed by atoms with Crippen LogP contribution in [-0.4, -0.2) is 21.1 Å². The van der Waals surface area contributed by atoms with Crippen LogP contribution in [0.5, 0.6) is 0 Å². The smallest absolute Gasteiger partial charge is 0.237 e. The minimum absolute atomic E-state index is 0.0176. The maximum atomic E-state index is 12.7. The van der Waals surface area contributed by atoms with E-state index in [-0.39, 0.29) is 11.2 Å². The van der Waals surface area contributed by atoms with Crippen molar-refractivity contribution in [2.75, 3.05) is 5.32 Å². The summed E-state index contributed by atoms with van der Waals surface area (Å²) in [6, 6.07) is 6.04. The molecule has 136 valence electrons. The maximum absolute atomic E-state index is 12.7. The number of amides is 1. The van der Waals surface area contributed by atoms with Crippen LogP contribution in [0.2, 0.25) is 0 Å². The molecule has 0 saturated carbocycles. The topological polar surface area (TPSA) is 54.9 Å². The van der Waals surface area contributed by atoms with Gasteiger partial charge in [-0.25, -0.2) is 9.97 Å². The van der Waals surface area contributed by atoms with Crippen molar-refractivity contribution in [3.63, 3.8) is 0 Å². The van der Waals surface area contributed by atoms with E-state index in [1.165, 1.54) is 27.8 Å². The Balaban J connectivity index is 1.84. The molecule has 3 rings (SSSR count). The minimum Gasteiger partial charge on any atom is -0.325 e. The molecule has 1 amide bonds. The van der Waals surface area contributed by atoms with Gasteiger partial charge in [0.2, 0.25) is 5.91 Å². The second kappa shape index (κ2) is 7.37. The lowest BCUT2D eigenvalue weighted by Crippen LogP contribution is -2.23. The predicted molar refractivity (Wildman–Crippen MR) is 111 cm³/mol. The van der Waals surface area contributed by atoms with Crippen molar-refractivity contribution in [3.8, 4) is 0 Å². The summed E-state index contributed by atoms with van der Waals surface area (Å²) in [7, 11) is 0. The van der Waals surface area contributed by atoms with Gasteiger partial charge in [-0.15, -0.1) is 11.3 Å². The van der Waals surface area contributed by atoms with Crippen molar-refractivity contribution < 1.29 is 4.79 Å². The maximum Gasteiger partial charge on any atom is 0.237 e. The first-order valence-electron chi connectivity index (χ1n) is 8.55. The first kappa shape index (κ1) is 18.9. The van der Waals surface area contributed by atoms with E-state index in [2.05, 4.69) is 35.2 Å². The van der Waals surface area contributed by atoms with Gasteiger partial charge in [-0.05, 0) is 58.7 Å². The zero-order chi connectivity index (χ0) is 19.0. The molecule has 0 spiro atoms. The molecular formula is C20H23N3OS2. The average Bonchev–Trinajstić information content (AvgIpc) is 2.84. The van der Waals surface area contributed by atoms with E-state index < -0.39 is 0 Å². The van der Waals surface area contributed by atoms with Gasteiger partial charge in [-0.1, -0.05) is 29.5 Å². The molecule has 0 aliphatic rings. The Labute approximate surface area is 162 Å². The molecule has 2 aromatic heterocycles. The van der Waals surface area contributed by atoms with Crippen LogP contribution in [0, 0.1) is 34.6 Å². The fourth-order valence-corrected chi connectivity index (χ4v) is 5.00. The van der Waals surface area contributed by atoms with E-state index >= 15 is 0 Å². The Morgan fingerprint density at radius 1 is 1.15 bits per heavy atom. The van der Waals surface area contributed by atoms with Crippen molar-refractivity contribution in [2.45, 2.75) is 51.8 Å². The van der Waals surface area contributed by atoms with Crippen LogP contribution in [0.25, 0.3) is 10.2 Å². The fraction of sp³-hybridized carbons (Fsp3) is 0.350. The summed E-state index contributed by atoms with van der Waals surface area (Å²) < 4.78 is 0. The SMILES string of the molecule is Cc1ccc(NC(=O)C(C)Sc2nc(C)nc3sc(C)c(C)c23)c(C)c1. The lowest BCUT2D eigenvalue weighted by Gasteiger charge is -2.14. The van der Waals surface area contributed by atoms with Crippen molar-refractivity contribution >= 4 is 44.9 Å². The summed E-state index contributed by atoms with van der Waals surface area (Å²) in [5.41, 5.74) is 4.32. The van der Waals surface area contributed by atoms with Crippen LogP contribution in [-0.2, 0) is 4.79 Å². The third-order valence-electron chi connectivity index (χ3n) is 4.40. The molecular weight excluding hydrogens is 362 g/mol. The monoisotopic (exact) mass is 385 g/mol. The molecule has 0 saturated heterocycles. The van der Waals surface area contributed by atoms with Gasteiger partial charge < -0.3 is 5.32 Å². The molecule has 26 heavy (non-hydrogen) atoms. The Morgan fingerprint density at radius 3 is 2.58 bits per heavy atom. The number of anilines is 1. The van der Waals surface area contributed by atoms with E-state index in [1.807, 2.05) is 39.8 Å². The number of aryl methyl sites for hydroxylation is 5. The number of nitrogens with one attached hydrogen (secondary N) is 1. The van der Waals surface area contributed by atoms with Gasteiger partial charge in [0, 0.05) is 16.0 Å². The molecule has 3 aromatic rings. The molecule has 4 nitrogen and oxygen atoms in total. The summed E-state index contributed by atoms with van der Waals surface area (Å²) in [6.45, 7) is 12.1. The molecule has 0 aliphatic carbocycles. The van der Waals surface area contributed by atoms with Gasteiger partial charge in [0.1, 0.15) is 15.7 Å². The van der Waals surface area contributed by atoms with Crippen LogP contribution in [0.3, 0.4) is 0 Å². The number of benzene rings is 1. The summed E-state index contributed by atoms with van der Waals surface area (Å²) in [5.74, 6) is 0.721. The van der Waals surface area contributed by atoms with Gasteiger partial charge in [-0.3, -0.25) is 4.79 Å². The molecule has 1 atom stereocenters. The van der Waals surface area contributed by atoms with Gasteiger partial charge in [0.05, 0.1) is 5.25 Å². The number of hydrogen-bond acceptors (Lipinski definition) is 5. The van der Waals surface area contributed by atoms with Crippen LogP contribution in [0.15, 0.2) is 23.2 Å². The van der Waals surface area contributed by atoms with Crippen molar-refractivity contribution in [3.05, 3.63) is 45.6 Å². The van der Waals surface area contributed by atoms with E-state index in [0.717, 1.165) is 32.3 Å². The van der Waals surface area contributed by atoms with Gasteiger partial charge in [0.15, 0.2) is 0 Å². The number of aromatic nitrogens is 2. The molecule has 0 aliphatic heterocycles. The second-order valence-electron chi connectivity index (χ2n) is 6.61. The Kier molecular flexibility index (Phi) is 5.34. The first-order valence-corrected chi connectivity index (χ1v) is 10.2. The number of nitrogens with zero attached hydrogens (tertiary/aromatic N) is 2. The van der Waals surface area contributed by atoms with Crippen LogP contribution < -0.4 is 5.32 Å². The highest BCUT2D eigenvalue weighted by Gasteiger charge is 2.20. The van der Waals surface area contributed by atoms with Gasteiger partial charge >= 0.3 is 0 Å². The molecule has 1 unspecified atom stereocenters. The standard InChI is InChI=1S/C20H23N3OS2/c1-10-7-8-16(11(2)9-10)23-18(24)14(5)26-20-17-12(3)13(4)25-19(17)21-15(6)22-20/h7-9,14H,1-6H3,(H,23,24). The molecule has 0 bridgehead atoms. The highest BCUT2D eigenvalue weighted by molar-refractivity contribution is 8.00. The largest absolute Gasteiger partial charge is 0.325 e. The number of thiophene rings is 1. The summed E-state index contributed by atoms with van der Waals surface area (Å²) in [6.07, 6.45) is 0. The minimum atomic E-state index is -0.257. The van der Waals surface area contributed by atoms with Crippen LogP contribution in [0.1, 0.15) is 34.3 Å². The average molecular weight is 386 g/mol. The van der Waals surface area contributed by atoms with Crippen molar-refractivity contribution in [1.82, 2.24) is 9.97 Å². The van der Waals surface area contributed by atoms with Crippen molar-refractivity contribution in [2.24, 2.45) is 0 Å². The molecule has 1 N–H and O–H groups in total. The predicted octanol–water partition coefficient (Wildman–Crippen LogP) is 5.35.